The van der Waals surface area contributed by atoms with E-state index in [2.05, 4.69) is 20.6 Å². The fourth-order valence-corrected chi connectivity index (χ4v) is 4.06. The van der Waals surface area contributed by atoms with Gasteiger partial charge in [0.05, 0.1) is 31.0 Å². The Labute approximate surface area is 197 Å². The van der Waals surface area contributed by atoms with E-state index in [0.717, 1.165) is 16.6 Å². The van der Waals surface area contributed by atoms with Gasteiger partial charge in [-0.15, -0.1) is 0 Å². The van der Waals surface area contributed by atoms with Crippen LogP contribution < -0.4 is 29.6 Å². The van der Waals surface area contributed by atoms with Crippen LogP contribution in [0.2, 0.25) is 0 Å². The molecule has 1 atom stereocenters. The minimum absolute atomic E-state index is 0.0399. The molecule has 5 rings (SSSR count). The summed E-state index contributed by atoms with van der Waals surface area (Å²) >= 11 is 0. The number of carbonyl (C=O) groups excluding carboxylic acids is 1. The van der Waals surface area contributed by atoms with E-state index in [9.17, 15) is 4.79 Å². The molecule has 0 aliphatic carbocycles. The number of rotatable bonds is 1. The lowest BCUT2D eigenvalue weighted by Gasteiger charge is -2.26. The van der Waals surface area contributed by atoms with Crippen molar-refractivity contribution < 1.29 is 23.7 Å². The molecule has 10 heteroatoms. The third-order valence-corrected chi connectivity index (χ3v) is 6.13. The summed E-state index contributed by atoms with van der Waals surface area (Å²) in [5.41, 5.74) is 2.39. The second kappa shape index (κ2) is 9.22. The van der Waals surface area contributed by atoms with Crippen molar-refractivity contribution in [3.8, 4) is 23.0 Å². The van der Waals surface area contributed by atoms with Crippen LogP contribution in [0, 0.1) is 0 Å². The summed E-state index contributed by atoms with van der Waals surface area (Å²) in [6, 6.07) is 7.23. The van der Waals surface area contributed by atoms with Crippen molar-refractivity contribution in [2.24, 2.45) is 0 Å². The molecule has 1 amide bonds. The van der Waals surface area contributed by atoms with Crippen LogP contribution in [0.3, 0.4) is 0 Å². The summed E-state index contributed by atoms with van der Waals surface area (Å²) in [4.78, 5) is 23.6. The maximum Gasteiger partial charge on any atom is 0.237 e. The molecule has 0 spiro atoms. The molecular formula is C24H27N5O5. The van der Waals surface area contributed by atoms with Crippen molar-refractivity contribution in [1.82, 2.24) is 20.2 Å². The molecule has 0 saturated heterocycles. The fraction of sp³-hybridized carbons (Fsp3) is 0.375. The predicted molar refractivity (Wildman–Crippen MR) is 126 cm³/mol. The normalized spacial score (nSPS) is 18.7. The van der Waals surface area contributed by atoms with E-state index in [1.807, 2.05) is 43.1 Å². The lowest BCUT2D eigenvalue weighted by Crippen LogP contribution is -2.43. The number of anilines is 2. The maximum absolute atomic E-state index is 12.7. The Bertz CT molecular complexity index is 1230. The summed E-state index contributed by atoms with van der Waals surface area (Å²) in [6.45, 7) is 3.47. The topological polar surface area (TPSA) is 107 Å². The molecule has 2 aromatic carbocycles. The Morgan fingerprint density at radius 2 is 2.03 bits per heavy atom. The Kier molecular flexibility index (Phi) is 5.97. The molecule has 0 fully saturated rings. The van der Waals surface area contributed by atoms with E-state index in [4.69, 9.17) is 18.9 Å². The fourth-order valence-electron chi connectivity index (χ4n) is 4.06. The number of aromatic nitrogens is 2. The highest BCUT2D eigenvalue weighted by molar-refractivity contribution is 5.94. The Hall–Kier alpha value is -3.79. The quantitative estimate of drug-likeness (QED) is 0.561. The van der Waals surface area contributed by atoms with Gasteiger partial charge in [0.1, 0.15) is 12.1 Å². The van der Waals surface area contributed by atoms with Gasteiger partial charge in [-0.25, -0.2) is 9.97 Å². The summed E-state index contributed by atoms with van der Waals surface area (Å²) in [5, 5.41) is 7.21. The molecule has 34 heavy (non-hydrogen) atoms. The van der Waals surface area contributed by atoms with Gasteiger partial charge in [0, 0.05) is 24.5 Å². The molecule has 3 heterocycles. The highest BCUT2D eigenvalue weighted by Crippen LogP contribution is 2.44. The first-order valence-corrected chi connectivity index (χ1v) is 11.2. The number of fused-ring (bicyclic) bond motifs is 4. The zero-order valence-corrected chi connectivity index (χ0v) is 19.4. The number of methoxy groups -OCH3 is 1. The SMILES string of the molecule is COc1cc2ncnc3c2cc1OCCCNC(=O)[C@H](C)N(C)Cc1ccc2c(c1N3)OCO2. The van der Waals surface area contributed by atoms with Gasteiger partial charge in [-0.1, -0.05) is 6.07 Å². The summed E-state index contributed by atoms with van der Waals surface area (Å²) in [6.07, 6.45) is 2.16. The van der Waals surface area contributed by atoms with Gasteiger partial charge in [-0.05, 0) is 38.1 Å². The van der Waals surface area contributed by atoms with Crippen LogP contribution in [0.4, 0.5) is 11.5 Å². The number of nitrogens with one attached hydrogen (secondary N) is 2. The zero-order valence-electron chi connectivity index (χ0n) is 19.4. The number of amides is 1. The lowest BCUT2D eigenvalue weighted by molar-refractivity contribution is -0.125. The van der Waals surface area contributed by atoms with Crippen molar-refractivity contribution in [3.63, 3.8) is 0 Å². The molecule has 0 unspecified atom stereocenters. The van der Waals surface area contributed by atoms with Gasteiger partial charge >= 0.3 is 0 Å². The predicted octanol–water partition coefficient (Wildman–Crippen LogP) is 2.83. The maximum atomic E-state index is 12.7. The van der Waals surface area contributed by atoms with Crippen LogP contribution in [0.5, 0.6) is 23.0 Å². The van der Waals surface area contributed by atoms with Crippen LogP contribution in [-0.2, 0) is 11.3 Å². The minimum atomic E-state index is -0.328. The first kappa shape index (κ1) is 22.0. The van der Waals surface area contributed by atoms with Crippen molar-refractivity contribution >= 4 is 28.3 Å². The van der Waals surface area contributed by atoms with E-state index in [0.29, 0.717) is 60.4 Å². The number of likely N-dealkylation sites (N-methyl/N-ethyl adjacent to an activating group) is 1. The van der Waals surface area contributed by atoms with Crippen molar-refractivity contribution in [3.05, 3.63) is 36.2 Å². The van der Waals surface area contributed by atoms with E-state index >= 15 is 0 Å². The van der Waals surface area contributed by atoms with Gasteiger partial charge in [-0.2, -0.15) is 0 Å². The number of carbonyl (C=O) groups is 1. The van der Waals surface area contributed by atoms with Crippen LogP contribution in [0.1, 0.15) is 18.9 Å². The van der Waals surface area contributed by atoms with Crippen LogP contribution in [-0.4, -0.2) is 60.9 Å². The first-order chi connectivity index (χ1) is 16.5. The summed E-state index contributed by atoms with van der Waals surface area (Å²) < 4.78 is 22.9. The second-order valence-electron chi connectivity index (χ2n) is 8.29. The molecular weight excluding hydrogens is 438 g/mol. The summed E-state index contributed by atoms with van der Waals surface area (Å²) in [7, 11) is 3.51. The average Bonchev–Trinajstić information content (AvgIpc) is 3.33. The molecule has 2 aliphatic heterocycles. The standard InChI is InChI=1S/C24H27N5O5/c1-14-24(30)25-7-4-8-32-20-9-16-17(10-19(20)31-3)26-12-27-23(16)28-21-15(11-29(14)2)5-6-18-22(21)34-13-33-18/h5-6,9-10,12,14H,4,7-8,11,13H2,1-3H3,(H,25,30)(H,26,27,28)/t14-/m0/s1. The molecule has 2 N–H and O–H groups in total. The Morgan fingerprint density at radius 1 is 1.15 bits per heavy atom. The molecule has 0 saturated carbocycles. The second-order valence-corrected chi connectivity index (χ2v) is 8.29. The van der Waals surface area contributed by atoms with Gasteiger partial charge in [0.2, 0.25) is 12.7 Å². The van der Waals surface area contributed by atoms with Crippen LogP contribution >= 0.6 is 0 Å². The molecule has 2 aliphatic rings. The van der Waals surface area contributed by atoms with Crippen molar-refractivity contribution in [2.45, 2.75) is 25.9 Å². The van der Waals surface area contributed by atoms with Crippen molar-refractivity contribution in [2.75, 3.05) is 39.4 Å². The highest BCUT2D eigenvalue weighted by atomic mass is 16.7. The Balaban J connectivity index is 1.64. The zero-order chi connectivity index (χ0) is 23.7. The van der Waals surface area contributed by atoms with Gasteiger partial charge in [0.15, 0.2) is 23.0 Å². The van der Waals surface area contributed by atoms with E-state index in [1.54, 1.807) is 7.11 Å². The third-order valence-electron chi connectivity index (χ3n) is 6.13. The monoisotopic (exact) mass is 465 g/mol. The number of nitrogens with zero attached hydrogens (tertiary/aromatic N) is 3. The minimum Gasteiger partial charge on any atom is -0.493 e. The third kappa shape index (κ3) is 4.12. The van der Waals surface area contributed by atoms with Crippen molar-refractivity contribution in [1.29, 1.82) is 0 Å². The van der Waals surface area contributed by atoms with Gasteiger partial charge in [-0.3, -0.25) is 9.69 Å². The molecule has 3 aromatic rings. The average molecular weight is 466 g/mol. The summed E-state index contributed by atoms with van der Waals surface area (Å²) in [5.74, 6) is 2.98. The number of ether oxygens (including phenoxy) is 4. The largest absolute Gasteiger partial charge is 0.493 e. The molecule has 10 nitrogen and oxygen atoms in total. The lowest BCUT2D eigenvalue weighted by atomic mass is 10.1. The van der Waals surface area contributed by atoms with E-state index < -0.39 is 0 Å². The van der Waals surface area contributed by atoms with E-state index in [-0.39, 0.29) is 18.7 Å². The molecule has 2 bridgehead atoms. The van der Waals surface area contributed by atoms with Crippen LogP contribution in [0.15, 0.2) is 30.6 Å². The number of benzene rings is 2. The molecule has 178 valence electrons. The van der Waals surface area contributed by atoms with Gasteiger partial charge in [0.25, 0.3) is 0 Å². The van der Waals surface area contributed by atoms with E-state index in [1.165, 1.54) is 6.33 Å². The molecule has 0 radical (unpaired) electrons. The van der Waals surface area contributed by atoms with Gasteiger partial charge < -0.3 is 29.6 Å². The first-order valence-electron chi connectivity index (χ1n) is 11.2. The smallest absolute Gasteiger partial charge is 0.237 e. The number of hydrogen-bond donors (Lipinski definition) is 2. The molecule has 1 aromatic heterocycles. The highest BCUT2D eigenvalue weighted by Gasteiger charge is 2.25. The number of hydrogen-bond acceptors (Lipinski definition) is 9. The Morgan fingerprint density at radius 3 is 2.88 bits per heavy atom. The van der Waals surface area contributed by atoms with Crippen LogP contribution in [0.25, 0.3) is 10.9 Å².